The Hall–Kier alpha value is -1.84. The minimum Gasteiger partial charge on any atom is -0.480 e. The van der Waals surface area contributed by atoms with Crippen molar-refractivity contribution in [1.29, 1.82) is 0 Å². The van der Waals surface area contributed by atoms with Crippen LogP contribution in [0.25, 0.3) is 0 Å². The summed E-state index contributed by atoms with van der Waals surface area (Å²) in [7, 11) is 1.54. The summed E-state index contributed by atoms with van der Waals surface area (Å²) in [6, 6.07) is 8.56. The maximum atomic E-state index is 11.9. The highest BCUT2D eigenvalue weighted by molar-refractivity contribution is 5.84. The van der Waals surface area contributed by atoms with Crippen molar-refractivity contribution in [2.45, 2.75) is 25.8 Å². The molecule has 0 radical (unpaired) electrons. The monoisotopic (exact) mass is 235 g/mol. The van der Waals surface area contributed by atoms with Crippen LogP contribution < -0.4 is 0 Å². The molecule has 0 aromatic heterocycles. The zero-order valence-corrected chi connectivity index (χ0v) is 10.1. The summed E-state index contributed by atoms with van der Waals surface area (Å²) in [5, 5.41) is 8.96. The first kappa shape index (κ1) is 13.2. The van der Waals surface area contributed by atoms with E-state index in [4.69, 9.17) is 5.11 Å². The lowest BCUT2D eigenvalue weighted by Gasteiger charge is -2.23. The first-order valence-corrected chi connectivity index (χ1v) is 5.58. The van der Waals surface area contributed by atoms with Gasteiger partial charge in [-0.1, -0.05) is 37.3 Å². The number of aliphatic carboxylic acids is 1. The second-order valence-electron chi connectivity index (χ2n) is 3.93. The number of amides is 1. The van der Waals surface area contributed by atoms with Gasteiger partial charge in [0.2, 0.25) is 5.91 Å². The van der Waals surface area contributed by atoms with Gasteiger partial charge in [-0.15, -0.1) is 0 Å². The summed E-state index contributed by atoms with van der Waals surface area (Å²) < 4.78 is 0. The van der Waals surface area contributed by atoms with E-state index in [-0.39, 0.29) is 12.3 Å². The van der Waals surface area contributed by atoms with E-state index < -0.39 is 12.0 Å². The topological polar surface area (TPSA) is 57.6 Å². The molecule has 0 fully saturated rings. The SMILES string of the molecule is CCC(C(=O)O)N(C)C(=O)Cc1ccccc1. The van der Waals surface area contributed by atoms with Crippen LogP contribution >= 0.6 is 0 Å². The van der Waals surface area contributed by atoms with Gasteiger partial charge in [0.1, 0.15) is 6.04 Å². The molecule has 0 aliphatic rings. The van der Waals surface area contributed by atoms with Gasteiger partial charge in [0.15, 0.2) is 0 Å². The predicted molar refractivity (Wildman–Crippen MR) is 64.6 cm³/mol. The molecule has 0 bridgehead atoms. The fourth-order valence-electron chi connectivity index (χ4n) is 1.68. The summed E-state index contributed by atoms with van der Waals surface area (Å²) in [6.07, 6.45) is 0.646. The number of carbonyl (C=O) groups is 2. The van der Waals surface area contributed by atoms with Crippen molar-refractivity contribution >= 4 is 11.9 Å². The molecule has 0 saturated heterocycles. The van der Waals surface area contributed by atoms with Gasteiger partial charge in [0.25, 0.3) is 0 Å². The lowest BCUT2D eigenvalue weighted by atomic mass is 10.1. The average Bonchev–Trinajstić information content (AvgIpc) is 2.30. The van der Waals surface area contributed by atoms with E-state index in [0.717, 1.165) is 5.56 Å². The first-order chi connectivity index (χ1) is 8.06. The second kappa shape index (κ2) is 6.03. The summed E-state index contributed by atoms with van der Waals surface area (Å²) in [4.78, 5) is 24.1. The molecule has 0 heterocycles. The number of carboxylic acids is 1. The molecule has 4 heteroatoms. The molecule has 17 heavy (non-hydrogen) atoms. The molecule has 0 aliphatic carbocycles. The van der Waals surface area contributed by atoms with E-state index in [1.54, 1.807) is 6.92 Å². The van der Waals surface area contributed by atoms with E-state index >= 15 is 0 Å². The molecule has 1 aromatic rings. The maximum absolute atomic E-state index is 11.9. The predicted octanol–water partition coefficient (Wildman–Crippen LogP) is 1.55. The molecule has 1 unspecified atom stereocenters. The van der Waals surface area contributed by atoms with E-state index in [1.807, 2.05) is 30.3 Å². The van der Waals surface area contributed by atoms with Crippen LogP contribution in [0.3, 0.4) is 0 Å². The molecule has 0 spiro atoms. The molecule has 1 atom stereocenters. The Morgan fingerprint density at radius 2 is 1.88 bits per heavy atom. The van der Waals surface area contributed by atoms with Gasteiger partial charge < -0.3 is 10.0 Å². The molecular weight excluding hydrogens is 218 g/mol. The Bertz CT molecular complexity index is 389. The van der Waals surface area contributed by atoms with Gasteiger partial charge in [0, 0.05) is 7.05 Å². The standard InChI is InChI=1S/C13H17NO3/c1-3-11(13(16)17)14(2)12(15)9-10-7-5-4-6-8-10/h4-8,11H,3,9H2,1-2H3,(H,16,17). The minimum atomic E-state index is -0.962. The van der Waals surface area contributed by atoms with Gasteiger partial charge >= 0.3 is 5.97 Å². The van der Waals surface area contributed by atoms with Crippen molar-refractivity contribution in [2.24, 2.45) is 0 Å². The normalized spacial score (nSPS) is 11.9. The van der Waals surface area contributed by atoms with Crippen LogP contribution in [0.1, 0.15) is 18.9 Å². The number of hydrogen-bond acceptors (Lipinski definition) is 2. The van der Waals surface area contributed by atoms with Gasteiger partial charge in [-0.25, -0.2) is 4.79 Å². The summed E-state index contributed by atoms with van der Waals surface area (Å²) in [5.74, 6) is -1.14. The number of benzene rings is 1. The van der Waals surface area contributed by atoms with Crippen LogP contribution in [-0.4, -0.2) is 35.0 Å². The highest BCUT2D eigenvalue weighted by Gasteiger charge is 2.24. The third kappa shape index (κ3) is 3.59. The van der Waals surface area contributed by atoms with Crippen molar-refractivity contribution in [1.82, 2.24) is 4.90 Å². The molecule has 1 N–H and O–H groups in total. The summed E-state index contributed by atoms with van der Waals surface area (Å²) in [5.41, 5.74) is 0.893. The van der Waals surface area contributed by atoms with Gasteiger partial charge in [0.05, 0.1) is 6.42 Å². The lowest BCUT2D eigenvalue weighted by Crippen LogP contribution is -2.42. The van der Waals surface area contributed by atoms with Crippen LogP contribution in [0.15, 0.2) is 30.3 Å². The zero-order chi connectivity index (χ0) is 12.8. The minimum absolute atomic E-state index is 0.176. The van der Waals surface area contributed by atoms with Crippen LogP contribution in [0.5, 0.6) is 0 Å². The highest BCUT2D eigenvalue weighted by atomic mass is 16.4. The molecule has 1 rings (SSSR count). The average molecular weight is 235 g/mol. The van der Waals surface area contributed by atoms with Crippen molar-refractivity contribution in [3.63, 3.8) is 0 Å². The lowest BCUT2D eigenvalue weighted by molar-refractivity contribution is -0.148. The number of nitrogens with zero attached hydrogens (tertiary/aromatic N) is 1. The Balaban J connectivity index is 2.67. The third-order valence-corrected chi connectivity index (χ3v) is 2.73. The van der Waals surface area contributed by atoms with Crippen LogP contribution in [0.4, 0.5) is 0 Å². The van der Waals surface area contributed by atoms with Crippen molar-refractivity contribution in [2.75, 3.05) is 7.05 Å². The van der Waals surface area contributed by atoms with Crippen LogP contribution in [-0.2, 0) is 16.0 Å². The molecule has 1 amide bonds. The van der Waals surface area contributed by atoms with E-state index in [2.05, 4.69) is 0 Å². The van der Waals surface area contributed by atoms with Crippen LogP contribution in [0, 0.1) is 0 Å². The fourth-order valence-corrected chi connectivity index (χ4v) is 1.68. The molecule has 1 aromatic carbocycles. The van der Waals surface area contributed by atoms with Gasteiger partial charge in [-0.2, -0.15) is 0 Å². The van der Waals surface area contributed by atoms with Crippen molar-refractivity contribution in [3.05, 3.63) is 35.9 Å². The zero-order valence-electron chi connectivity index (χ0n) is 10.1. The Morgan fingerprint density at radius 1 is 1.29 bits per heavy atom. The number of carboxylic acid groups (broad SMARTS) is 1. The molecule has 0 aliphatic heterocycles. The number of carbonyl (C=O) groups excluding carboxylic acids is 1. The van der Waals surface area contributed by atoms with E-state index in [9.17, 15) is 9.59 Å². The maximum Gasteiger partial charge on any atom is 0.326 e. The molecule has 0 saturated carbocycles. The highest BCUT2D eigenvalue weighted by Crippen LogP contribution is 2.07. The number of hydrogen-bond donors (Lipinski definition) is 1. The largest absolute Gasteiger partial charge is 0.480 e. The number of rotatable bonds is 5. The van der Waals surface area contributed by atoms with E-state index in [1.165, 1.54) is 11.9 Å². The van der Waals surface area contributed by atoms with Crippen LogP contribution in [0.2, 0.25) is 0 Å². The first-order valence-electron chi connectivity index (χ1n) is 5.58. The molecule has 4 nitrogen and oxygen atoms in total. The third-order valence-electron chi connectivity index (χ3n) is 2.73. The quantitative estimate of drug-likeness (QED) is 0.842. The fraction of sp³-hybridized carbons (Fsp3) is 0.385. The Morgan fingerprint density at radius 3 is 2.35 bits per heavy atom. The molecule has 92 valence electrons. The van der Waals surface area contributed by atoms with Gasteiger partial charge in [-0.3, -0.25) is 4.79 Å². The Labute approximate surface area is 101 Å². The van der Waals surface area contributed by atoms with Crippen molar-refractivity contribution < 1.29 is 14.7 Å². The number of likely N-dealkylation sites (N-methyl/N-ethyl adjacent to an activating group) is 1. The van der Waals surface area contributed by atoms with E-state index in [0.29, 0.717) is 6.42 Å². The van der Waals surface area contributed by atoms with Gasteiger partial charge in [-0.05, 0) is 12.0 Å². The smallest absolute Gasteiger partial charge is 0.326 e. The Kier molecular flexibility index (Phi) is 4.69. The second-order valence-corrected chi connectivity index (χ2v) is 3.93. The summed E-state index contributed by atoms with van der Waals surface area (Å²) >= 11 is 0. The summed E-state index contributed by atoms with van der Waals surface area (Å²) in [6.45, 7) is 1.76. The molecular formula is C13H17NO3. The van der Waals surface area contributed by atoms with Crippen molar-refractivity contribution in [3.8, 4) is 0 Å².